The van der Waals surface area contributed by atoms with Gasteiger partial charge in [-0.2, -0.15) is 0 Å². The number of nitrogens with one attached hydrogen (secondary N) is 1. The fourth-order valence-corrected chi connectivity index (χ4v) is 3.31. The summed E-state index contributed by atoms with van der Waals surface area (Å²) in [6.07, 6.45) is 2.10. The van der Waals surface area contributed by atoms with Crippen LogP contribution in [0.2, 0.25) is 0 Å². The van der Waals surface area contributed by atoms with Gasteiger partial charge in [0.15, 0.2) is 0 Å². The molecule has 0 atom stereocenters. The molecule has 0 spiro atoms. The molecule has 1 heterocycles. The predicted molar refractivity (Wildman–Crippen MR) is 84.6 cm³/mol. The van der Waals surface area contributed by atoms with Gasteiger partial charge in [-0.1, -0.05) is 36.5 Å². The van der Waals surface area contributed by atoms with Crippen LogP contribution in [0.4, 0.5) is 0 Å². The Morgan fingerprint density at radius 2 is 2.16 bits per heavy atom. The lowest BCUT2D eigenvalue weighted by Gasteiger charge is -2.02. The smallest absolute Gasteiger partial charge is 0.148 e. The van der Waals surface area contributed by atoms with E-state index in [0.29, 0.717) is 0 Å². The lowest BCUT2D eigenvalue weighted by atomic mass is 10.1. The van der Waals surface area contributed by atoms with Crippen LogP contribution in [0.1, 0.15) is 23.9 Å². The van der Waals surface area contributed by atoms with Gasteiger partial charge in [0, 0.05) is 16.5 Å². The standard InChI is InChI=1S/C14H18BrN3S/c1-3-16-9-5-8-12-17-18-14(19-12)11-7-4-6-10(2)13(11)15/h4,6-7,16H,3,5,8-9H2,1-2H3. The van der Waals surface area contributed by atoms with E-state index in [0.717, 1.165) is 46.0 Å². The van der Waals surface area contributed by atoms with Crippen molar-refractivity contribution in [3.63, 3.8) is 0 Å². The first-order valence-electron chi connectivity index (χ1n) is 6.51. The Kier molecular flexibility index (Phi) is 5.48. The van der Waals surface area contributed by atoms with E-state index in [-0.39, 0.29) is 0 Å². The Morgan fingerprint density at radius 3 is 2.95 bits per heavy atom. The molecular formula is C14H18BrN3S. The van der Waals surface area contributed by atoms with Crippen LogP contribution in [0.5, 0.6) is 0 Å². The van der Waals surface area contributed by atoms with Crippen LogP contribution in [0.25, 0.3) is 10.6 Å². The maximum atomic E-state index is 4.31. The maximum Gasteiger partial charge on any atom is 0.148 e. The predicted octanol–water partition coefficient (Wildman–Crippen LogP) is 3.82. The molecule has 3 nitrogen and oxygen atoms in total. The van der Waals surface area contributed by atoms with Crippen molar-refractivity contribution >= 4 is 27.3 Å². The Balaban J connectivity index is 2.06. The first-order chi connectivity index (χ1) is 9.22. The average Bonchev–Trinajstić information content (AvgIpc) is 2.87. The molecule has 0 fully saturated rings. The van der Waals surface area contributed by atoms with Gasteiger partial charge in [0.05, 0.1) is 0 Å². The second kappa shape index (κ2) is 7.12. The summed E-state index contributed by atoms with van der Waals surface area (Å²) in [5.41, 5.74) is 2.36. The molecule has 1 aromatic heterocycles. The minimum absolute atomic E-state index is 0.994. The van der Waals surface area contributed by atoms with Crippen LogP contribution in [-0.2, 0) is 6.42 Å². The van der Waals surface area contributed by atoms with Crippen LogP contribution in [0, 0.1) is 6.92 Å². The topological polar surface area (TPSA) is 37.8 Å². The van der Waals surface area contributed by atoms with Crippen LogP contribution >= 0.6 is 27.3 Å². The van der Waals surface area contributed by atoms with Crippen molar-refractivity contribution in [1.82, 2.24) is 15.5 Å². The summed E-state index contributed by atoms with van der Waals surface area (Å²) in [5, 5.41) is 14.0. The summed E-state index contributed by atoms with van der Waals surface area (Å²) in [6.45, 7) is 6.28. The zero-order valence-electron chi connectivity index (χ0n) is 11.2. The minimum atomic E-state index is 0.994. The van der Waals surface area contributed by atoms with Crippen molar-refractivity contribution < 1.29 is 0 Å². The summed E-state index contributed by atoms with van der Waals surface area (Å²) < 4.78 is 1.12. The molecule has 0 saturated heterocycles. The fraction of sp³-hybridized carbons (Fsp3) is 0.429. The highest BCUT2D eigenvalue weighted by Crippen LogP contribution is 2.32. The van der Waals surface area contributed by atoms with Crippen molar-refractivity contribution in [2.45, 2.75) is 26.7 Å². The second-order valence-electron chi connectivity index (χ2n) is 4.39. The molecule has 1 N–H and O–H groups in total. The molecule has 0 aliphatic rings. The lowest BCUT2D eigenvalue weighted by Crippen LogP contribution is -2.14. The Hall–Kier alpha value is -0.780. The van der Waals surface area contributed by atoms with Crippen molar-refractivity contribution in [3.05, 3.63) is 33.2 Å². The minimum Gasteiger partial charge on any atom is -0.317 e. The monoisotopic (exact) mass is 339 g/mol. The Bertz CT molecular complexity index is 539. The van der Waals surface area contributed by atoms with E-state index < -0.39 is 0 Å². The quantitative estimate of drug-likeness (QED) is 0.813. The molecule has 5 heteroatoms. The van der Waals surface area contributed by atoms with Gasteiger partial charge in [-0.05, 0) is 47.9 Å². The summed E-state index contributed by atoms with van der Waals surface area (Å²) in [4.78, 5) is 0. The van der Waals surface area contributed by atoms with E-state index in [1.807, 2.05) is 0 Å². The lowest BCUT2D eigenvalue weighted by molar-refractivity contribution is 0.669. The third-order valence-corrected chi connectivity index (χ3v) is 4.95. The number of hydrogen-bond donors (Lipinski definition) is 1. The van der Waals surface area contributed by atoms with E-state index in [1.54, 1.807) is 11.3 Å². The largest absolute Gasteiger partial charge is 0.317 e. The molecule has 2 rings (SSSR count). The molecule has 102 valence electrons. The molecular weight excluding hydrogens is 322 g/mol. The van der Waals surface area contributed by atoms with E-state index >= 15 is 0 Å². The number of aryl methyl sites for hydroxylation is 2. The van der Waals surface area contributed by atoms with Gasteiger partial charge >= 0.3 is 0 Å². The van der Waals surface area contributed by atoms with Gasteiger partial charge < -0.3 is 5.32 Å². The summed E-state index contributed by atoms with van der Waals surface area (Å²) in [6, 6.07) is 6.23. The number of aromatic nitrogens is 2. The highest BCUT2D eigenvalue weighted by molar-refractivity contribution is 9.10. The molecule has 0 amide bonds. The molecule has 0 aliphatic heterocycles. The second-order valence-corrected chi connectivity index (χ2v) is 6.25. The maximum absolute atomic E-state index is 4.31. The van der Waals surface area contributed by atoms with Gasteiger partial charge in [-0.3, -0.25) is 0 Å². The van der Waals surface area contributed by atoms with Crippen molar-refractivity contribution in [2.24, 2.45) is 0 Å². The van der Waals surface area contributed by atoms with Gasteiger partial charge in [-0.15, -0.1) is 10.2 Å². The number of halogens is 1. The zero-order valence-corrected chi connectivity index (χ0v) is 13.6. The van der Waals surface area contributed by atoms with E-state index in [9.17, 15) is 0 Å². The van der Waals surface area contributed by atoms with E-state index in [4.69, 9.17) is 0 Å². The molecule has 0 saturated carbocycles. The SMILES string of the molecule is CCNCCCc1nnc(-c2cccc(C)c2Br)s1. The number of rotatable bonds is 6. The molecule has 1 aromatic carbocycles. The van der Waals surface area contributed by atoms with Gasteiger partial charge in [0.1, 0.15) is 10.0 Å². The normalized spacial score (nSPS) is 10.9. The number of nitrogens with zero attached hydrogens (tertiary/aromatic N) is 2. The molecule has 19 heavy (non-hydrogen) atoms. The van der Waals surface area contributed by atoms with Crippen LogP contribution < -0.4 is 5.32 Å². The van der Waals surface area contributed by atoms with Crippen LogP contribution in [-0.4, -0.2) is 23.3 Å². The summed E-state index contributed by atoms with van der Waals surface area (Å²) in [7, 11) is 0. The van der Waals surface area contributed by atoms with E-state index in [1.165, 1.54) is 5.56 Å². The fourth-order valence-electron chi connectivity index (χ4n) is 1.82. The van der Waals surface area contributed by atoms with Gasteiger partial charge in [0.2, 0.25) is 0 Å². The summed E-state index contributed by atoms with van der Waals surface area (Å²) in [5.74, 6) is 0. The van der Waals surface area contributed by atoms with Crippen molar-refractivity contribution in [3.8, 4) is 10.6 Å². The van der Waals surface area contributed by atoms with Gasteiger partial charge in [-0.25, -0.2) is 0 Å². The average molecular weight is 340 g/mol. The first kappa shape index (κ1) is 14.6. The Morgan fingerprint density at radius 1 is 1.32 bits per heavy atom. The highest BCUT2D eigenvalue weighted by Gasteiger charge is 2.10. The summed E-state index contributed by atoms with van der Waals surface area (Å²) >= 11 is 5.32. The molecule has 2 aromatic rings. The van der Waals surface area contributed by atoms with Crippen molar-refractivity contribution in [2.75, 3.05) is 13.1 Å². The van der Waals surface area contributed by atoms with Gasteiger partial charge in [0.25, 0.3) is 0 Å². The molecule has 0 unspecified atom stereocenters. The third kappa shape index (κ3) is 3.84. The van der Waals surface area contributed by atoms with E-state index in [2.05, 4.69) is 63.5 Å². The highest BCUT2D eigenvalue weighted by atomic mass is 79.9. The first-order valence-corrected chi connectivity index (χ1v) is 8.12. The number of benzene rings is 1. The van der Waals surface area contributed by atoms with Crippen molar-refractivity contribution in [1.29, 1.82) is 0 Å². The molecule has 0 bridgehead atoms. The van der Waals surface area contributed by atoms with Crippen LogP contribution in [0.3, 0.4) is 0 Å². The zero-order chi connectivity index (χ0) is 13.7. The molecule has 0 radical (unpaired) electrons. The molecule has 0 aliphatic carbocycles. The van der Waals surface area contributed by atoms with Crippen LogP contribution in [0.15, 0.2) is 22.7 Å². The Labute approximate surface area is 126 Å². The number of hydrogen-bond acceptors (Lipinski definition) is 4. The third-order valence-electron chi connectivity index (χ3n) is 2.88.